The standard InChI is InChI=1S/C16H23NO4/c1-11(2)12-6-8-13(9-7-12)21-10-14(18)17-16(3,4)15(19)20-5/h6-9,11H,10H2,1-5H3,(H,17,18). The van der Waals surface area contributed by atoms with Gasteiger partial charge in [0, 0.05) is 0 Å². The van der Waals surface area contributed by atoms with Crippen LogP contribution in [0.4, 0.5) is 0 Å². The molecule has 0 unspecified atom stereocenters. The quantitative estimate of drug-likeness (QED) is 0.817. The van der Waals surface area contributed by atoms with Crippen molar-refractivity contribution < 1.29 is 19.1 Å². The van der Waals surface area contributed by atoms with Crippen molar-refractivity contribution in [2.45, 2.75) is 39.2 Å². The van der Waals surface area contributed by atoms with Crippen LogP contribution in [0.2, 0.25) is 0 Å². The topological polar surface area (TPSA) is 64.6 Å². The monoisotopic (exact) mass is 293 g/mol. The van der Waals surface area contributed by atoms with Gasteiger partial charge < -0.3 is 14.8 Å². The second kappa shape index (κ2) is 7.11. The zero-order chi connectivity index (χ0) is 16.0. The number of hydrogen-bond donors (Lipinski definition) is 1. The predicted octanol–water partition coefficient (Wildman–Crippen LogP) is 2.26. The Kier molecular flexibility index (Phi) is 5.76. The summed E-state index contributed by atoms with van der Waals surface area (Å²) in [6, 6.07) is 7.59. The van der Waals surface area contributed by atoms with Gasteiger partial charge in [-0.05, 0) is 37.5 Å². The summed E-state index contributed by atoms with van der Waals surface area (Å²) in [5, 5.41) is 2.57. The minimum absolute atomic E-state index is 0.151. The molecule has 0 saturated heterocycles. The van der Waals surface area contributed by atoms with E-state index in [1.807, 2.05) is 24.3 Å². The molecule has 1 aromatic carbocycles. The number of carbonyl (C=O) groups excluding carboxylic acids is 2. The third kappa shape index (κ3) is 5.10. The number of hydrogen-bond acceptors (Lipinski definition) is 4. The molecule has 0 heterocycles. The van der Waals surface area contributed by atoms with Crippen molar-refractivity contribution in [3.63, 3.8) is 0 Å². The Morgan fingerprint density at radius 3 is 2.24 bits per heavy atom. The lowest BCUT2D eigenvalue weighted by Crippen LogP contribution is -2.51. The molecule has 5 heteroatoms. The zero-order valence-electron chi connectivity index (χ0n) is 13.2. The summed E-state index contributed by atoms with van der Waals surface area (Å²) in [5.74, 6) is 0.184. The van der Waals surface area contributed by atoms with Crippen LogP contribution in [0.25, 0.3) is 0 Å². The van der Waals surface area contributed by atoms with E-state index in [4.69, 9.17) is 4.74 Å². The minimum Gasteiger partial charge on any atom is -0.484 e. The Balaban J connectivity index is 2.51. The van der Waals surface area contributed by atoms with Gasteiger partial charge in [0.2, 0.25) is 0 Å². The van der Waals surface area contributed by atoms with Crippen molar-refractivity contribution in [1.82, 2.24) is 5.32 Å². The van der Waals surface area contributed by atoms with Crippen LogP contribution in [0.3, 0.4) is 0 Å². The molecule has 1 rings (SSSR count). The van der Waals surface area contributed by atoms with Gasteiger partial charge in [-0.1, -0.05) is 26.0 Å². The molecule has 1 aromatic rings. The normalized spacial score (nSPS) is 11.1. The number of esters is 1. The van der Waals surface area contributed by atoms with Crippen LogP contribution in [0.5, 0.6) is 5.75 Å². The second-order valence-corrected chi connectivity index (χ2v) is 5.68. The third-order valence-electron chi connectivity index (χ3n) is 3.06. The Labute approximate surface area is 125 Å². The summed E-state index contributed by atoms with van der Waals surface area (Å²) in [6.45, 7) is 7.22. The summed E-state index contributed by atoms with van der Waals surface area (Å²) >= 11 is 0. The molecule has 0 fully saturated rings. The Hall–Kier alpha value is -2.04. The molecule has 116 valence electrons. The van der Waals surface area contributed by atoms with Crippen molar-refractivity contribution in [1.29, 1.82) is 0 Å². The zero-order valence-corrected chi connectivity index (χ0v) is 13.2. The lowest BCUT2D eigenvalue weighted by atomic mass is 10.0. The molecular formula is C16H23NO4. The van der Waals surface area contributed by atoms with E-state index < -0.39 is 11.5 Å². The first kappa shape index (κ1) is 17.0. The largest absolute Gasteiger partial charge is 0.484 e. The maximum Gasteiger partial charge on any atom is 0.330 e. The highest BCUT2D eigenvalue weighted by Crippen LogP contribution is 2.18. The van der Waals surface area contributed by atoms with Gasteiger partial charge >= 0.3 is 5.97 Å². The molecule has 0 bridgehead atoms. The fourth-order valence-electron chi connectivity index (χ4n) is 1.79. The number of rotatable bonds is 6. The lowest BCUT2D eigenvalue weighted by Gasteiger charge is -2.23. The van der Waals surface area contributed by atoms with Gasteiger partial charge in [0.25, 0.3) is 5.91 Å². The SMILES string of the molecule is COC(=O)C(C)(C)NC(=O)COc1ccc(C(C)C)cc1. The average molecular weight is 293 g/mol. The van der Waals surface area contributed by atoms with Crippen LogP contribution in [0.15, 0.2) is 24.3 Å². The highest BCUT2D eigenvalue weighted by molar-refractivity contribution is 5.87. The molecule has 0 aromatic heterocycles. The first-order chi connectivity index (χ1) is 9.76. The molecule has 21 heavy (non-hydrogen) atoms. The van der Waals surface area contributed by atoms with Crippen molar-refractivity contribution >= 4 is 11.9 Å². The van der Waals surface area contributed by atoms with Crippen LogP contribution in [0, 0.1) is 0 Å². The van der Waals surface area contributed by atoms with Crippen molar-refractivity contribution in [2.24, 2.45) is 0 Å². The second-order valence-electron chi connectivity index (χ2n) is 5.68. The van der Waals surface area contributed by atoms with E-state index in [-0.39, 0.29) is 12.5 Å². The van der Waals surface area contributed by atoms with Crippen LogP contribution in [0.1, 0.15) is 39.2 Å². The van der Waals surface area contributed by atoms with Gasteiger partial charge in [-0.25, -0.2) is 4.79 Å². The van der Waals surface area contributed by atoms with Gasteiger partial charge in [0.15, 0.2) is 6.61 Å². The summed E-state index contributed by atoms with van der Waals surface area (Å²) in [6.07, 6.45) is 0. The summed E-state index contributed by atoms with van der Waals surface area (Å²) in [5.41, 5.74) is 0.134. The number of benzene rings is 1. The average Bonchev–Trinajstić information content (AvgIpc) is 2.44. The first-order valence-electron chi connectivity index (χ1n) is 6.88. The van der Waals surface area contributed by atoms with E-state index in [1.165, 1.54) is 12.7 Å². The third-order valence-corrected chi connectivity index (χ3v) is 3.06. The molecule has 0 spiro atoms. The highest BCUT2D eigenvalue weighted by atomic mass is 16.5. The molecule has 0 aliphatic rings. The van der Waals surface area contributed by atoms with Crippen molar-refractivity contribution in [2.75, 3.05) is 13.7 Å². The maximum atomic E-state index is 11.8. The lowest BCUT2D eigenvalue weighted by molar-refractivity contribution is -0.149. The summed E-state index contributed by atoms with van der Waals surface area (Å²) < 4.78 is 10.0. The summed E-state index contributed by atoms with van der Waals surface area (Å²) in [4.78, 5) is 23.3. The van der Waals surface area contributed by atoms with E-state index in [2.05, 4.69) is 23.9 Å². The number of ether oxygens (including phenoxy) is 2. The number of nitrogens with one attached hydrogen (secondary N) is 1. The van der Waals surface area contributed by atoms with Crippen molar-refractivity contribution in [3.8, 4) is 5.75 Å². The van der Waals surface area contributed by atoms with Gasteiger partial charge in [0.05, 0.1) is 7.11 Å². The smallest absolute Gasteiger partial charge is 0.330 e. The minimum atomic E-state index is -1.07. The maximum absolute atomic E-state index is 11.8. The fourth-order valence-corrected chi connectivity index (χ4v) is 1.79. The van der Waals surface area contributed by atoms with Gasteiger partial charge in [-0.3, -0.25) is 4.79 Å². The van der Waals surface area contributed by atoms with Crippen LogP contribution < -0.4 is 10.1 Å². The van der Waals surface area contributed by atoms with Gasteiger partial charge in [-0.2, -0.15) is 0 Å². The van der Waals surface area contributed by atoms with Crippen LogP contribution >= 0.6 is 0 Å². The number of amides is 1. The van der Waals surface area contributed by atoms with E-state index in [0.29, 0.717) is 11.7 Å². The Bertz CT molecular complexity index is 492. The van der Waals surface area contributed by atoms with Crippen LogP contribution in [-0.2, 0) is 14.3 Å². The fraction of sp³-hybridized carbons (Fsp3) is 0.500. The predicted molar refractivity (Wildman–Crippen MR) is 80.3 cm³/mol. The molecule has 0 atom stereocenters. The molecule has 0 saturated carbocycles. The molecular weight excluding hydrogens is 270 g/mol. The number of methoxy groups -OCH3 is 1. The summed E-state index contributed by atoms with van der Waals surface area (Å²) in [7, 11) is 1.28. The molecule has 5 nitrogen and oxygen atoms in total. The van der Waals surface area contributed by atoms with Crippen molar-refractivity contribution in [3.05, 3.63) is 29.8 Å². The van der Waals surface area contributed by atoms with E-state index in [1.54, 1.807) is 13.8 Å². The van der Waals surface area contributed by atoms with E-state index >= 15 is 0 Å². The highest BCUT2D eigenvalue weighted by Gasteiger charge is 2.30. The van der Waals surface area contributed by atoms with Gasteiger partial charge in [0.1, 0.15) is 11.3 Å². The van der Waals surface area contributed by atoms with E-state index in [0.717, 1.165) is 0 Å². The number of carbonyl (C=O) groups is 2. The Morgan fingerprint density at radius 2 is 1.76 bits per heavy atom. The molecule has 0 aliphatic carbocycles. The molecule has 1 N–H and O–H groups in total. The van der Waals surface area contributed by atoms with Crippen LogP contribution in [-0.4, -0.2) is 31.1 Å². The molecule has 0 aliphatic heterocycles. The molecule has 0 radical (unpaired) electrons. The van der Waals surface area contributed by atoms with E-state index in [9.17, 15) is 9.59 Å². The van der Waals surface area contributed by atoms with Gasteiger partial charge in [-0.15, -0.1) is 0 Å². The molecule has 1 amide bonds. The first-order valence-corrected chi connectivity index (χ1v) is 6.88. The Morgan fingerprint density at radius 1 is 1.19 bits per heavy atom.